The first-order valence-corrected chi connectivity index (χ1v) is 18.2. The van der Waals surface area contributed by atoms with Crippen LogP contribution in [0.15, 0.2) is 128 Å². The molecule has 1 heterocycles. The van der Waals surface area contributed by atoms with Crippen molar-refractivity contribution in [3.63, 3.8) is 0 Å². The van der Waals surface area contributed by atoms with E-state index >= 15 is 0 Å². The van der Waals surface area contributed by atoms with E-state index < -0.39 is 32.4 Å². The Hall–Kier alpha value is -3.56. The van der Waals surface area contributed by atoms with E-state index in [9.17, 15) is 5.11 Å². The van der Waals surface area contributed by atoms with E-state index in [0.717, 1.165) is 16.9 Å². The average molecular weight is 653 g/mol. The van der Waals surface area contributed by atoms with E-state index in [4.69, 9.17) is 23.4 Å². The van der Waals surface area contributed by atoms with Gasteiger partial charge in [-0.3, -0.25) is 0 Å². The first kappa shape index (κ1) is 34.8. The second kappa shape index (κ2) is 15.6. The van der Waals surface area contributed by atoms with E-state index in [2.05, 4.69) is 75.9 Å². The summed E-state index contributed by atoms with van der Waals surface area (Å²) in [4.78, 5) is 0. The summed E-state index contributed by atoms with van der Waals surface area (Å²) in [5.41, 5.74) is 0.496. The molecule has 1 N–H and O–H groups in total. The standard InChI is InChI=1S/C40H48O6Si/c1-6-26-40(41)37(43-28-32-22-24-33(42-5)25-23-32)27-34(46-38(40)44-29-31-16-10-7-11-17-31)30-45-47(39(2,3)4,35-18-12-8-13-19-35)36-20-14-9-15-21-36/h6-25,34,37-38,41H,1,26-30H2,2-5H3/t34-,37-,38-,40-/m0/s1. The third-order valence-electron chi connectivity index (χ3n) is 8.99. The monoisotopic (exact) mass is 652 g/mol. The minimum atomic E-state index is -2.83. The van der Waals surface area contributed by atoms with Gasteiger partial charge in [-0.05, 0) is 38.7 Å². The van der Waals surface area contributed by atoms with Crippen LogP contribution in [-0.2, 0) is 31.9 Å². The van der Waals surface area contributed by atoms with Crippen molar-refractivity contribution in [1.82, 2.24) is 0 Å². The fourth-order valence-corrected chi connectivity index (χ4v) is 11.1. The molecule has 0 amide bonds. The lowest BCUT2D eigenvalue weighted by Crippen LogP contribution is -2.68. The summed E-state index contributed by atoms with van der Waals surface area (Å²) in [5.74, 6) is 0.776. The molecule has 6 nitrogen and oxygen atoms in total. The van der Waals surface area contributed by atoms with Gasteiger partial charge in [-0.25, -0.2) is 0 Å². The molecular weight excluding hydrogens is 605 g/mol. The highest BCUT2D eigenvalue weighted by molar-refractivity contribution is 6.99. The van der Waals surface area contributed by atoms with Crippen molar-refractivity contribution in [3.8, 4) is 5.75 Å². The first-order valence-electron chi connectivity index (χ1n) is 16.3. The van der Waals surface area contributed by atoms with E-state index in [1.54, 1.807) is 13.2 Å². The summed E-state index contributed by atoms with van der Waals surface area (Å²) in [5, 5.41) is 14.5. The smallest absolute Gasteiger partial charge is 0.261 e. The molecule has 248 valence electrons. The van der Waals surface area contributed by atoms with Gasteiger partial charge >= 0.3 is 0 Å². The summed E-state index contributed by atoms with van der Waals surface area (Å²) in [6.07, 6.45) is 0.383. The SMILES string of the molecule is C=CC[C@@]1(O)[C@@H](OCc2ccccc2)O[C@H](CO[Si](c2ccccc2)(c2ccccc2)C(C)(C)C)C[C@@H]1OCc1ccc(OC)cc1. The largest absolute Gasteiger partial charge is 0.497 e. The predicted molar refractivity (Wildman–Crippen MR) is 189 cm³/mol. The molecule has 5 rings (SSSR count). The second-order valence-electron chi connectivity index (χ2n) is 13.2. The zero-order valence-corrected chi connectivity index (χ0v) is 29.0. The van der Waals surface area contributed by atoms with Crippen molar-refractivity contribution in [1.29, 1.82) is 0 Å². The Morgan fingerprint density at radius 2 is 1.34 bits per heavy atom. The van der Waals surface area contributed by atoms with Gasteiger partial charge in [-0.1, -0.05) is 130 Å². The summed E-state index contributed by atoms with van der Waals surface area (Å²) >= 11 is 0. The molecule has 4 aromatic rings. The molecule has 1 fully saturated rings. The van der Waals surface area contributed by atoms with E-state index in [1.807, 2.05) is 66.7 Å². The van der Waals surface area contributed by atoms with Crippen LogP contribution >= 0.6 is 0 Å². The van der Waals surface area contributed by atoms with Crippen LogP contribution in [0.5, 0.6) is 5.75 Å². The molecule has 1 saturated heterocycles. The number of benzene rings is 4. The highest BCUT2D eigenvalue weighted by atomic mass is 28.4. The van der Waals surface area contributed by atoms with Crippen molar-refractivity contribution in [2.24, 2.45) is 0 Å². The van der Waals surface area contributed by atoms with Crippen LogP contribution in [0.3, 0.4) is 0 Å². The number of aliphatic hydroxyl groups is 1. The van der Waals surface area contributed by atoms with Gasteiger partial charge in [0.15, 0.2) is 6.29 Å². The maximum atomic E-state index is 12.3. The maximum Gasteiger partial charge on any atom is 0.261 e. The molecule has 1 aliphatic heterocycles. The molecule has 0 aromatic heterocycles. The quantitative estimate of drug-likeness (QED) is 0.120. The number of hydrogen-bond donors (Lipinski definition) is 1. The Kier molecular flexibility index (Phi) is 11.5. The van der Waals surface area contributed by atoms with Gasteiger partial charge < -0.3 is 28.5 Å². The van der Waals surface area contributed by atoms with E-state index in [-0.39, 0.29) is 18.1 Å². The van der Waals surface area contributed by atoms with Crippen molar-refractivity contribution in [3.05, 3.63) is 139 Å². The lowest BCUT2D eigenvalue weighted by molar-refractivity contribution is -0.324. The number of rotatable bonds is 14. The molecule has 0 radical (unpaired) electrons. The highest BCUT2D eigenvalue weighted by Crippen LogP contribution is 2.40. The van der Waals surface area contributed by atoms with Gasteiger partial charge in [0.1, 0.15) is 11.4 Å². The van der Waals surface area contributed by atoms with Gasteiger partial charge in [0.2, 0.25) is 0 Å². The number of hydrogen-bond acceptors (Lipinski definition) is 6. The van der Waals surface area contributed by atoms with Crippen molar-refractivity contribution in [2.75, 3.05) is 13.7 Å². The fraction of sp³-hybridized carbons (Fsp3) is 0.350. The number of ether oxygens (including phenoxy) is 4. The lowest BCUT2D eigenvalue weighted by Gasteiger charge is -2.48. The number of methoxy groups -OCH3 is 1. The molecule has 0 unspecified atom stereocenters. The van der Waals surface area contributed by atoms with Gasteiger partial charge in [-0.15, -0.1) is 6.58 Å². The Bertz CT molecular complexity index is 1480. The highest BCUT2D eigenvalue weighted by Gasteiger charge is 2.54. The van der Waals surface area contributed by atoms with Gasteiger partial charge in [-0.2, -0.15) is 0 Å². The molecule has 1 aliphatic rings. The molecule has 0 bridgehead atoms. The van der Waals surface area contributed by atoms with Crippen molar-refractivity contribution >= 4 is 18.7 Å². The van der Waals surface area contributed by atoms with Crippen LogP contribution in [0.25, 0.3) is 0 Å². The minimum Gasteiger partial charge on any atom is -0.497 e. The molecule has 4 atom stereocenters. The van der Waals surface area contributed by atoms with Crippen LogP contribution in [0.4, 0.5) is 0 Å². The maximum absolute atomic E-state index is 12.3. The summed E-state index contributed by atoms with van der Waals surface area (Å²) in [6, 6.07) is 38.8. The molecule has 0 aliphatic carbocycles. The van der Waals surface area contributed by atoms with Gasteiger partial charge in [0, 0.05) is 12.8 Å². The van der Waals surface area contributed by atoms with Crippen LogP contribution in [0.2, 0.25) is 5.04 Å². The Labute approximate surface area is 281 Å². The van der Waals surface area contributed by atoms with Crippen molar-refractivity contribution in [2.45, 2.75) is 76.0 Å². The second-order valence-corrected chi connectivity index (χ2v) is 17.5. The molecule has 0 saturated carbocycles. The lowest BCUT2D eigenvalue weighted by atomic mass is 9.85. The first-order chi connectivity index (χ1) is 22.7. The van der Waals surface area contributed by atoms with E-state index in [1.165, 1.54) is 10.4 Å². The van der Waals surface area contributed by atoms with Crippen molar-refractivity contribution < 1.29 is 28.5 Å². The molecule has 7 heteroatoms. The van der Waals surface area contributed by atoms with Crippen LogP contribution < -0.4 is 15.1 Å². The third kappa shape index (κ3) is 7.95. The summed E-state index contributed by atoms with van der Waals surface area (Å²) in [6.45, 7) is 11.6. The topological polar surface area (TPSA) is 66.4 Å². The Morgan fingerprint density at radius 3 is 1.87 bits per heavy atom. The normalized spacial score (nSPS) is 21.7. The third-order valence-corrected chi connectivity index (χ3v) is 14.0. The summed E-state index contributed by atoms with van der Waals surface area (Å²) in [7, 11) is -1.19. The zero-order chi connectivity index (χ0) is 33.3. The van der Waals surface area contributed by atoms with Crippen LogP contribution in [-0.4, -0.2) is 51.2 Å². The Morgan fingerprint density at radius 1 is 0.809 bits per heavy atom. The van der Waals surface area contributed by atoms with Crippen LogP contribution in [0.1, 0.15) is 44.7 Å². The van der Waals surface area contributed by atoms with Gasteiger partial charge in [0.05, 0.1) is 39.1 Å². The fourth-order valence-electron chi connectivity index (χ4n) is 6.55. The average Bonchev–Trinajstić information content (AvgIpc) is 3.09. The molecular formula is C40H48O6Si. The minimum absolute atomic E-state index is 0.193. The predicted octanol–water partition coefficient (Wildman–Crippen LogP) is 6.80. The van der Waals surface area contributed by atoms with E-state index in [0.29, 0.717) is 19.6 Å². The Balaban J connectivity index is 1.46. The van der Waals surface area contributed by atoms with Gasteiger partial charge in [0.25, 0.3) is 8.32 Å². The summed E-state index contributed by atoms with van der Waals surface area (Å²) < 4.78 is 32.2. The molecule has 47 heavy (non-hydrogen) atoms. The van der Waals surface area contributed by atoms with Crippen LogP contribution in [0, 0.1) is 0 Å². The molecule has 4 aromatic carbocycles. The molecule has 0 spiro atoms. The zero-order valence-electron chi connectivity index (χ0n) is 28.0.